The maximum absolute atomic E-state index is 15.2. The van der Waals surface area contributed by atoms with Crippen LogP contribution < -0.4 is 9.47 Å². The van der Waals surface area contributed by atoms with Gasteiger partial charge in [0.25, 0.3) is 0 Å². The zero-order valence-corrected chi connectivity index (χ0v) is 19.0. The molecule has 0 aliphatic carbocycles. The van der Waals surface area contributed by atoms with Gasteiger partial charge in [-0.2, -0.15) is 8.78 Å². The molecule has 4 aromatic rings. The lowest BCUT2D eigenvalue weighted by Crippen LogP contribution is -2.04. The van der Waals surface area contributed by atoms with Gasteiger partial charge in [-0.3, -0.25) is 0 Å². The van der Waals surface area contributed by atoms with Gasteiger partial charge < -0.3 is 9.47 Å². The van der Waals surface area contributed by atoms with Gasteiger partial charge in [-0.25, -0.2) is 13.2 Å². The molecule has 0 saturated carbocycles. The van der Waals surface area contributed by atoms with Gasteiger partial charge in [0.2, 0.25) is 0 Å². The molecule has 0 saturated heterocycles. The van der Waals surface area contributed by atoms with Crippen LogP contribution in [0.1, 0.15) is 24.5 Å². The Labute approximate surface area is 199 Å². The van der Waals surface area contributed by atoms with Crippen LogP contribution in [0.15, 0.2) is 66.7 Å². The number of benzene rings is 4. The van der Waals surface area contributed by atoms with E-state index in [1.54, 1.807) is 42.5 Å². The van der Waals surface area contributed by atoms with Gasteiger partial charge in [-0.15, -0.1) is 0 Å². The first-order valence-electron chi connectivity index (χ1n) is 11.2. The highest BCUT2D eigenvalue weighted by Gasteiger charge is 2.13. The van der Waals surface area contributed by atoms with Gasteiger partial charge in [-0.1, -0.05) is 37.3 Å². The number of hydrogen-bond donors (Lipinski definition) is 0. The van der Waals surface area contributed by atoms with E-state index >= 15 is 4.39 Å². The van der Waals surface area contributed by atoms with E-state index in [-0.39, 0.29) is 6.42 Å². The molecule has 0 aromatic heterocycles. The Morgan fingerprint density at radius 2 is 1.63 bits per heavy atom. The average Bonchev–Trinajstić information content (AvgIpc) is 2.83. The number of fused-ring (bicyclic) bond motifs is 1. The van der Waals surface area contributed by atoms with Crippen LogP contribution in [0.25, 0.3) is 21.9 Å². The van der Waals surface area contributed by atoms with Gasteiger partial charge in [-0.05, 0) is 71.7 Å². The normalized spacial score (nSPS) is 11.3. The lowest BCUT2D eigenvalue weighted by Gasteiger charge is -2.11. The second-order valence-electron chi connectivity index (χ2n) is 8.11. The molecular formula is C28H23F5O2. The van der Waals surface area contributed by atoms with Crippen molar-refractivity contribution in [2.45, 2.75) is 32.8 Å². The molecule has 0 radical (unpaired) electrons. The Hall–Kier alpha value is -3.61. The van der Waals surface area contributed by atoms with E-state index in [1.807, 2.05) is 6.92 Å². The summed E-state index contributed by atoms with van der Waals surface area (Å²) in [5, 5.41) is 1.01. The molecule has 0 bridgehead atoms. The molecule has 0 aliphatic heterocycles. The molecule has 0 N–H and O–H groups in total. The highest BCUT2D eigenvalue weighted by Crippen LogP contribution is 2.31. The summed E-state index contributed by atoms with van der Waals surface area (Å²) in [6.45, 7) is -0.641. The van der Waals surface area contributed by atoms with Gasteiger partial charge in [0, 0.05) is 17.0 Å². The van der Waals surface area contributed by atoms with Crippen molar-refractivity contribution in [1.29, 1.82) is 0 Å². The predicted molar refractivity (Wildman–Crippen MR) is 126 cm³/mol. The van der Waals surface area contributed by atoms with Crippen LogP contribution in [0.5, 0.6) is 11.5 Å². The van der Waals surface area contributed by atoms with E-state index in [0.717, 1.165) is 18.6 Å². The topological polar surface area (TPSA) is 18.5 Å². The van der Waals surface area contributed by atoms with Gasteiger partial charge in [0.1, 0.15) is 17.4 Å². The molecule has 0 fully saturated rings. The maximum atomic E-state index is 15.2. The van der Waals surface area contributed by atoms with Crippen molar-refractivity contribution >= 4 is 10.8 Å². The standard InChI is InChI=1S/C28H23F5O2/c1-2-13-34-21-9-11-22(24(29)16-21)19-8-10-23-20(15-19)7-6-18(27(23)31)5-3-17-4-12-26(25(30)14-17)35-28(32)33/h4,6-12,14-16,28H,2-3,5,13H2,1H3. The molecule has 4 aromatic carbocycles. The molecule has 0 aliphatic rings. The summed E-state index contributed by atoms with van der Waals surface area (Å²) in [5.41, 5.74) is 1.97. The van der Waals surface area contributed by atoms with Crippen molar-refractivity contribution in [2.75, 3.05) is 6.61 Å². The van der Waals surface area contributed by atoms with Gasteiger partial charge in [0.05, 0.1) is 6.61 Å². The largest absolute Gasteiger partial charge is 0.494 e. The Kier molecular flexibility index (Phi) is 7.54. The predicted octanol–water partition coefficient (Wildman–Crippen LogP) is 8.10. The number of ether oxygens (including phenoxy) is 2. The molecule has 0 spiro atoms. The Bertz CT molecular complexity index is 1340. The zero-order chi connectivity index (χ0) is 24.9. The van der Waals surface area contributed by atoms with E-state index in [1.165, 1.54) is 12.1 Å². The minimum Gasteiger partial charge on any atom is -0.494 e. The third-order valence-electron chi connectivity index (χ3n) is 5.65. The molecule has 182 valence electrons. The summed E-state index contributed by atoms with van der Waals surface area (Å²) < 4.78 is 77.9. The van der Waals surface area contributed by atoms with Crippen molar-refractivity contribution in [3.05, 3.63) is 95.3 Å². The summed E-state index contributed by atoms with van der Waals surface area (Å²) in [5.74, 6) is -1.80. The number of hydrogen-bond acceptors (Lipinski definition) is 2. The molecule has 7 heteroatoms. The quantitative estimate of drug-likeness (QED) is 0.223. The van der Waals surface area contributed by atoms with Crippen LogP contribution in [-0.2, 0) is 12.8 Å². The minimum atomic E-state index is -3.11. The number of halogens is 5. The molecular weight excluding hydrogens is 463 g/mol. The van der Waals surface area contributed by atoms with Crippen molar-refractivity contribution in [3.8, 4) is 22.6 Å². The van der Waals surface area contributed by atoms with Crippen LogP contribution in [-0.4, -0.2) is 13.2 Å². The lowest BCUT2D eigenvalue weighted by atomic mass is 9.97. The number of aryl methyl sites for hydroxylation is 2. The van der Waals surface area contributed by atoms with Crippen molar-refractivity contribution in [2.24, 2.45) is 0 Å². The summed E-state index contributed by atoms with van der Waals surface area (Å²) in [6.07, 6.45) is 1.41. The fraction of sp³-hybridized carbons (Fsp3) is 0.214. The van der Waals surface area contributed by atoms with E-state index in [2.05, 4.69) is 4.74 Å². The van der Waals surface area contributed by atoms with Crippen molar-refractivity contribution in [1.82, 2.24) is 0 Å². The minimum absolute atomic E-state index is 0.284. The van der Waals surface area contributed by atoms with Crippen LogP contribution in [0.2, 0.25) is 0 Å². The Balaban J connectivity index is 1.52. The fourth-order valence-corrected chi connectivity index (χ4v) is 3.91. The summed E-state index contributed by atoms with van der Waals surface area (Å²) in [7, 11) is 0. The molecule has 2 nitrogen and oxygen atoms in total. The van der Waals surface area contributed by atoms with Crippen LogP contribution in [0, 0.1) is 17.5 Å². The first-order valence-corrected chi connectivity index (χ1v) is 11.2. The second-order valence-corrected chi connectivity index (χ2v) is 8.11. The second kappa shape index (κ2) is 10.8. The van der Waals surface area contributed by atoms with E-state index in [0.29, 0.717) is 51.8 Å². The molecule has 0 heterocycles. The molecule has 4 rings (SSSR count). The Morgan fingerprint density at radius 3 is 2.34 bits per heavy atom. The van der Waals surface area contributed by atoms with E-state index in [4.69, 9.17) is 4.74 Å². The third-order valence-corrected chi connectivity index (χ3v) is 5.65. The lowest BCUT2D eigenvalue weighted by molar-refractivity contribution is -0.0522. The van der Waals surface area contributed by atoms with Crippen LogP contribution in [0.3, 0.4) is 0 Å². The SMILES string of the molecule is CCCOc1ccc(-c2ccc3c(F)c(CCc4ccc(OC(F)F)c(F)c4)ccc3c2)c(F)c1. The first kappa shape index (κ1) is 24.5. The molecule has 35 heavy (non-hydrogen) atoms. The van der Waals surface area contributed by atoms with E-state index in [9.17, 15) is 17.6 Å². The van der Waals surface area contributed by atoms with E-state index < -0.39 is 29.8 Å². The molecule has 0 amide bonds. The van der Waals surface area contributed by atoms with Gasteiger partial charge in [0.15, 0.2) is 11.6 Å². The van der Waals surface area contributed by atoms with Crippen molar-refractivity contribution in [3.63, 3.8) is 0 Å². The maximum Gasteiger partial charge on any atom is 0.387 e. The molecule has 0 unspecified atom stereocenters. The third kappa shape index (κ3) is 5.73. The fourth-order valence-electron chi connectivity index (χ4n) is 3.91. The monoisotopic (exact) mass is 486 g/mol. The van der Waals surface area contributed by atoms with Crippen molar-refractivity contribution < 1.29 is 31.4 Å². The summed E-state index contributed by atoms with van der Waals surface area (Å²) in [6, 6.07) is 16.8. The number of alkyl halides is 2. The van der Waals surface area contributed by atoms with Gasteiger partial charge >= 0.3 is 6.61 Å². The highest BCUT2D eigenvalue weighted by atomic mass is 19.3. The zero-order valence-electron chi connectivity index (χ0n) is 19.0. The average molecular weight is 486 g/mol. The first-order chi connectivity index (χ1) is 16.9. The Morgan fingerprint density at radius 1 is 0.800 bits per heavy atom. The summed E-state index contributed by atoms with van der Waals surface area (Å²) in [4.78, 5) is 0. The number of rotatable bonds is 9. The van der Waals surface area contributed by atoms with Crippen LogP contribution >= 0.6 is 0 Å². The molecule has 0 atom stereocenters. The highest BCUT2D eigenvalue weighted by molar-refractivity contribution is 5.88. The van der Waals surface area contributed by atoms with Crippen LogP contribution in [0.4, 0.5) is 22.0 Å². The smallest absolute Gasteiger partial charge is 0.387 e. The summed E-state index contributed by atoms with van der Waals surface area (Å²) >= 11 is 0.